The predicted molar refractivity (Wildman–Crippen MR) is 126 cm³/mol. The number of hydrogen-bond donors (Lipinski definition) is 3. The first-order valence-electron chi connectivity index (χ1n) is 10.9. The molecule has 0 bridgehead atoms. The number of halogens is 3. The second-order valence-corrected chi connectivity index (χ2v) is 8.01. The minimum Gasteiger partial charge on any atom is -0.454 e. The number of anilines is 2. The number of aliphatic hydroxyl groups is 1. The van der Waals surface area contributed by atoms with E-state index in [0.29, 0.717) is 11.3 Å². The molecule has 3 aromatic rings. The lowest BCUT2D eigenvalue weighted by molar-refractivity contribution is -0.114. The molecule has 1 aliphatic heterocycles. The van der Waals surface area contributed by atoms with E-state index in [0.717, 1.165) is 12.3 Å². The van der Waals surface area contributed by atoms with Crippen LogP contribution in [-0.4, -0.2) is 61.3 Å². The molecule has 0 radical (unpaired) electrons. The van der Waals surface area contributed by atoms with E-state index in [4.69, 9.17) is 4.74 Å². The number of fused-ring (bicyclic) bond motifs is 1. The molecule has 0 fully saturated rings. The monoisotopic (exact) mass is 514 g/mol. The van der Waals surface area contributed by atoms with E-state index in [-0.39, 0.29) is 60.0 Å². The first kappa shape index (κ1) is 25.5. The number of aliphatic hydroxyl groups excluding tert-OH is 1. The number of rotatable bonds is 7. The zero-order valence-electron chi connectivity index (χ0n) is 19.7. The molecule has 4 heterocycles. The summed E-state index contributed by atoms with van der Waals surface area (Å²) < 4.78 is 47.5. The first-order chi connectivity index (χ1) is 17.6. The van der Waals surface area contributed by atoms with Crippen molar-refractivity contribution in [2.75, 3.05) is 30.3 Å². The molecule has 0 aromatic carbocycles. The van der Waals surface area contributed by atoms with Gasteiger partial charge in [-0.1, -0.05) is 0 Å². The molecule has 192 valence electrons. The molecule has 3 N–H and O–H groups in total. The Morgan fingerprint density at radius 3 is 2.81 bits per heavy atom. The lowest BCUT2D eigenvalue weighted by Crippen LogP contribution is -2.31. The number of allylic oxidation sites excluding steroid dienone is 2. The van der Waals surface area contributed by atoms with Crippen molar-refractivity contribution in [1.29, 1.82) is 5.26 Å². The molecule has 4 rings (SSSR count). The summed E-state index contributed by atoms with van der Waals surface area (Å²) in [5, 5.41) is 24.5. The summed E-state index contributed by atoms with van der Waals surface area (Å²) in [6.45, 7) is 1.11. The maximum absolute atomic E-state index is 13.4. The SMILES string of the molecule is CC(=O)Nc1cc(Oc2cnc3nc(NC4=CC(C(F)(F)F)=CN(CCO)C4)n(C)c3c2C#N)ccn1. The van der Waals surface area contributed by atoms with E-state index in [1.807, 2.05) is 0 Å². The summed E-state index contributed by atoms with van der Waals surface area (Å²) >= 11 is 0. The Morgan fingerprint density at radius 2 is 2.14 bits per heavy atom. The number of hydrogen-bond acceptors (Lipinski definition) is 9. The molecule has 37 heavy (non-hydrogen) atoms. The summed E-state index contributed by atoms with van der Waals surface area (Å²) in [6, 6.07) is 5.08. The smallest absolute Gasteiger partial charge is 0.417 e. The number of carbonyl (C=O) groups excluding carboxylic acids is 1. The van der Waals surface area contributed by atoms with Crippen LogP contribution in [0.4, 0.5) is 24.9 Å². The number of alkyl halides is 3. The number of aromatic nitrogens is 4. The molecule has 0 saturated carbocycles. The van der Waals surface area contributed by atoms with E-state index < -0.39 is 11.7 Å². The van der Waals surface area contributed by atoms with Crippen LogP contribution in [0.3, 0.4) is 0 Å². The highest BCUT2D eigenvalue weighted by atomic mass is 19.4. The Morgan fingerprint density at radius 1 is 1.35 bits per heavy atom. The van der Waals surface area contributed by atoms with Gasteiger partial charge in [-0.3, -0.25) is 4.79 Å². The van der Waals surface area contributed by atoms with Gasteiger partial charge in [0.2, 0.25) is 11.9 Å². The molecule has 1 aliphatic rings. The van der Waals surface area contributed by atoms with E-state index in [9.17, 15) is 28.3 Å². The predicted octanol–water partition coefficient (Wildman–Crippen LogP) is 3.04. The normalized spacial score (nSPS) is 13.6. The number of carbonyl (C=O) groups is 1. The van der Waals surface area contributed by atoms with Gasteiger partial charge in [-0.2, -0.15) is 23.4 Å². The lowest BCUT2D eigenvalue weighted by Gasteiger charge is -2.27. The third kappa shape index (κ3) is 5.62. The quantitative estimate of drug-likeness (QED) is 0.434. The highest BCUT2D eigenvalue weighted by Crippen LogP contribution is 2.33. The fourth-order valence-corrected chi connectivity index (χ4v) is 3.68. The molecule has 0 spiro atoms. The second-order valence-electron chi connectivity index (χ2n) is 8.01. The number of nitrogens with zero attached hydrogens (tertiary/aromatic N) is 6. The number of nitriles is 1. The number of imidazole rings is 1. The zero-order valence-corrected chi connectivity index (χ0v) is 19.7. The van der Waals surface area contributed by atoms with Gasteiger partial charge < -0.3 is 29.9 Å². The van der Waals surface area contributed by atoms with Gasteiger partial charge in [-0.25, -0.2) is 9.97 Å². The van der Waals surface area contributed by atoms with Crippen LogP contribution in [0, 0.1) is 11.3 Å². The number of ether oxygens (including phenoxy) is 1. The molecule has 0 aliphatic carbocycles. The Labute approximate surface area is 208 Å². The third-order valence-electron chi connectivity index (χ3n) is 5.25. The van der Waals surface area contributed by atoms with Crippen molar-refractivity contribution in [2.45, 2.75) is 13.1 Å². The van der Waals surface area contributed by atoms with E-state index in [1.54, 1.807) is 7.05 Å². The summed E-state index contributed by atoms with van der Waals surface area (Å²) in [6.07, 6.45) is 0.0695. The highest BCUT2D eigenvalue weighted by molar-refractivity contribution is 5.87. The lowest BCUT2D eigenvalue weighted by atomic mass is 10.1. The van der Waals surface area contributed by atoms with Crippen molar-refractivity contribution < 1.29 is 27.8 Å². The van der Waals surface area contributed by atoms with Crippen molar-refractivity contribution in [2.24, 2.45) is 7.05 Å². The molecule has 3 aromatic heterocycles. The van der Waals surface area contributed by atoms with Gasteiger partial charge in [0.15, 0.2) is 11.4 Å². The van der Waals surface area contributed by atoms with Gasteiger partial charge >= 0.3 is 6.18 Å². The summed E-state index contributed by atoms with van der Waals surface area (Å²) in [7, 11) is 1.58. The average Bonchev–Trinajstić information content (AvgIpc) is 3.13. The van der Waals surface area contributed by atoms with Gasteiger partial charge in [0.05, 0.1) is 24.9 Å². The van der Waals surface area contributed by atoms with Crippen LogP contribution < -0.4 is 15.4 Å². The van der Waals surface area contributed by atoms with Crippen LogP contribution in [0.1, 0.15) is 12.5 Å². The van der Waals surface area contributed by atoms with Gasteiger partial charge in [-0.15, -0.1) is 0 Å². The van der Waals surface area contributed by atoms with Crippen LogP contribution in [0.15, 0.2) is 48.1 Å². The van der Waals surface area contributed by atoms with Gasteiger partial charge in [0.1, 0.15) is 28.7 Å². The molecule has 0 unspecified atom stereocenters. The van der Waals surface area contributed by atoms with Crippen LogP contribution in [0.2, 0.25) is 0 Å². The number of pyridine rings is 2. The highest BCUT2D eigenvalue weighted by Gasteiger charge is 2.35. The Bertz CT molecular complexity index is 1460. The van der Waals surface area contributed by atoms with Gasteiger partial charge in [0.25, 0.3) is 0 Å². The van der Waals surface area contributed by atoms with E-state index in [2.05, 4.69) is 31.7 Å². The molecule has 0 atom stereocenters. The van der Waals surface area contributed by atoms with Gasteiger partial charge in [-0.05, 0) is 12.1 Å². The van der Waals surface area contributed by atoms with Crippen LogP contribution in [0.25, 0.3) is 11.2 Å². The number of aryl methyl sites for hydroxylation is 1. The Kier molecular flexibility index (Phi) is 6.98. The molecule has 0 saturated heterocycles. The first-order valence-corrected chi connectivity index (χ1v) is 10.9. The van der Waals surface area contributed by atoms with Crippen LogP contribution in [-0.2, 0) is 11.8 Å². The summed E-state index contributed by atoms with van der Waals surface area (Å²) in [5.74, 6) is 0.503. The minimum atomic E-state index is -4.58. The van der Waals surface area contributed by atoms with Crippen molar-refractivity contribution in [3.8, 4) is 17.6 Å². The number of nitrogens with one attached hydrogen (secondary N) is 2. The average molecular weight is 514 g/mol. The molecular formula is C23H21F3N8O3. The fraction of sp³-hybridized carbons (Fsp3) is 0.261. The zero-order chi connectivity index (χ0) is 26.7. The molecule has 11 nitrogen and oxygen atoms in total. The van der Waals surface area contributed by atoms with Crippen LogP contribution in [0.5, 0.6) is 11.5 Å². The third-order valence-corrected chi connectivity index (χ3v) is 5.25. The standard InChI is InChI=1S/C23H21F3N8O3/c1-13(36)30-19-8-16(3-4-28-19)37-18-10-29-21-20(17(18)9-27)33(2)22(32-21)31-15-7-14(23(24,25)26)11-34(12-15)5-6-35/h3-4,7-8,10-11,35H,5-6,12H2,1-2H3,(H,28,30,36)(H,29,31,32). The fourth-order valence-electron chi connectivity index (χ4n) is 3.68. The maximum atomic E-state index is 13.4. The summed E-state index contributed by atoms with van der Waals surface area (Å²) in [4.78, 5) is 25.2. The minimum absolute atomic E-state index is 0.0145. The van der Waals surface area contributed by atoms with E-state index >= 15 is 0 Å². The molecular weight excluding hydrogens is 493 g/mol. The van der Waals surface area contributed by atoms with Crippen LogP contribution >= 0.6 is 0 Å². The second kappa shape index (κ2) is 10.2. The number of β-amino-alcohol motifs (C(OH)–C–C–N with tert-alkyl or cyclic N) is 1. The largest absolute Gasteiger partial charge is 0.454 e. The molecule has 1 amide bonds. The molecule has 14 heteroatoms. The van der Waals surface area contributed by atoms with Crippen molar-refractivity contribution in [3.05, 3.63) is 53.6 Å². The Balaban J connectivity index is 1.67. The van der Waals surface area contributed by atoms with Gasteiger partial charge in [0, 0.05) is 44.7 Å². The summed E-state index contributed by atoms with van der Waals surface area (Å²) in [5.41, 5.74) is -0.108. The Hall–Kier alpha value is -4.64. The van der Waals surface area contributed by atoms with Crippen molar-refractivity contribution in [3.63, 3.8) is 0 Å². The van der Waals surface area contributed by atoms with E-state index in [1.165, 1.54) is 40.9 Å². The van der Waals surface area contributed by atoms with Crippen molar-refractivity contribution in [1.82, 2.24) is 24.4 Å². The maximum Gasteiger partial charge on any atom is 0.417 e. The topological polar surface area (TPSA) is 141 Å². The number of amides is 1. The van der Waals surface area contributed by atoms with Crippen molar-refractivity contribution >= 4 is 28.8 Å².